The normalized spacial score (nSPS) is 19.9. The number of aliphatic hydroxyl groups is 1. The van der Waals surface area contributed by atoms with Gasteiger partial charge in [-0.3, -0.25) is 4.98 Å². The first kappa shape index (κ1) is 17.0. The highest BCUT2D eigenvalue weighted by Gasteiger charge is 2.24. The number of aliphatic hydroxyl groups excluding tert-OH is 1. The van der Waals surface area contributed by atoms with Crippen LogP contribution in [0.15, 0.2) is 49.1 Å². The van der Waals surface area contributed by atoms with Crippen LogP contribution in [0, 0.1) is 0 Å². The number of aromatic nitrogens is 3. The molecular formula is C24H24N4O. The number of β-amino-alcohol motifs (C(OH)–C–C–N with tert-alkyl or cyclic N) is 1. The summed E-state index contributed by atoms with van der Waals surface area (Å²) in [4.78, 5) is 14.7. The third-order valence-corrected chi connectivity index (χ3v) is 6.68. The van der Waals surface area contributed by atoms with Crippen molar-refractivity contribution >= 4 is 27.5 Å². The number of rotatable bonds is 3. The number of nitrogens with zero attached hydrogens (tertiary/aromatic N) is 3. The van der Waals surface area contributed by atoms with Crippen molar-refractivity contribution in [2.75, 3.05) is 18.0 Å². The number of hydrogen-bond donors (Lipinski definition) is 2. The highest BCUT2D eigenvalue weighted by molar-refractivity contribution is 6.08. The summed E-state index contributed by atoms with van der Waals surface area (Å²) < 4.78 is 0. The van der Waals surface area contributed by atoms with Crippen LogP contribution in [0.1, 0.15) is 37.2 Å². The van der Waals surface area contributed by atoms with Crippen LogP contribution in [0.25, 0.3) is 32.9 Å². The first-order chi connectivity index (χ1) is 14.3. The standard InChI is InChI=1S/C24H24N4O/c29-20-6-7-28(14-20)19-8-18(10-25-12-19)16-4-5-17-11-26-24-23(21(17)9-16)22(13-27-24)15-2-1-3-15/h4-5,8-13,15,20,29H,1-3,6-7,14H2,(H,26,27)/t20-/m0/s1. The van der Waals surface area contributed by atoms with Gasteiger partial charge in [-0.05, 0) is 53.8 Å². The molecule has 1 aliphatic carbocycles. The molecular weight excluding hydrogens is 360 g/mol. The molecule has 0 radical (unpaired) electrons. The van der Waals surface area contributed by atoms with E-state index in [1.54, 1.807) is 0 Å². The van der Waals surface area contributed by atoms with Crippen LogP contribution < -0.4 is 4.90 Å². The maximum Gasteiger partial charge on any atom is 0.138 e. The molecule has 5 nitrogen and oxygen atoms in total. The molecule has 29 heavy (non-hydrogen) atoms. The Morgan fingerprint density at radius 1 is 1.03 bits per heavy atom. The summed E-state index contributed by atoms with van der Waals surface area (Å²) in [6.07, 6.45) is 12.4. The Kier molecular flexibility index (Phi) is 3.84. The van der Waals surface area contributed by atoms with Gasteiger partial charge < -0.3 is 15.0 Å². The molecule has 1 aromatic carbocycles. The lowest BCUT2D eigenvalue weighted by atomic mass is 9.79. The minimum absolute atomic E-state index is 0.237. The molecule has 4 heterocycles. The van der Waals surface area contributed by atoms with Gasteiger partial charge in [0.1, 0.15) is 5.65 Å². The SMILES string of the molecule is O[C@H]1CCN(c2cncc(-c3ccc4cnc5[nH]cc(C6CCC6)c5c4c3)c2)C1. The third kappa shape index (κ3) is 2.80. The van der Waals surface area contributed by atoms with Crippen molar-refractivity contribution in [3.8, 4) is 11.1 Å². The zero-order valence-corrected chi connectivity index (χ0v) is 16.3. The average molecular weight is 384 g/mol. The second kappa shape index (κ2) is 6.56. The number of anilines is 1. The lowest BCUT2D eigenvalue weighted by Gasteiger charge is -2.25. The van der Waals surface area contributed by atoms with Crippen LogP contribution in [0.4, 0.5) is 5.69 Å². The fraction of sp³-hybridized carbons (Fsp3) is 0.333. The Hall–Kier alpha value is -2.92. The summed E-state index contributed by atoms with van der Waals surface area (Å²) in [6.45, 7) is 1.56. The fourth-order valence-electron chi connectivity index (χ4n) is 4.79. The number of hydrogen-bond acceptors (Lipinski definition) is 4. The number of pyridine rings is 2. The molecule has 146 valence electrons. The van der Waals surface area contributed by atoms with E-state index in [0.717, 1.165) is 29.9 Å². The van der Waals surface area contributed by atoms with Gasteiger partial charge in [0.25, 0.3) is 0 Å². The summed E-state index contributed by atoms with van der Waals surface area (Å²) in [5, 5.41) is 13.6. The first-order valence-corrected chi connectivity index (χ1v) is 10.5. The van der Waals surface area contributed by atoms with Crippen LogP contribution in [-0.2, 0) is 0 Å². The van der Waals surface area contributed by atoms with Crippen LogP contribution in [0.5, 0.6) is 0 Å². The predicted octanol–water partition coefficient (Wildman–Crippen LogP) is 4.62. The van der Waals surface area contributed by atoms with Gasteiger partial charge in [-0.25, -0.2) is 4.98 Å². The molecule has 2 fully saturated rings. The molecule has 4 aromatic rings. The van der Waals surface area contributed by atoms with E-state index in [4.69, 9.17) is 0 Å². The molecule has 5 heteroatoms. The zero-order chi connectivity index (χ0) is 19.4. The number of benzene rings is 1. The van der Waals surface area contributed by atoms with E-state index in [2.05, 4.69) is 50.3 Å². The summed E-state index contributed by atoms with van der Waals surface area (Å²) in [5.74, 6) is 0.659. The Morgan fingerprint density at radius 3 is 2.76 bits per heavy atom. The Bertz CT molecular complexity index is 1210. The van der Waals surface area contributed by atoms with Gasteiger partial charge in [0.05, 0.1) is 18.0 Å². The lowest BCUT2D eigenvalue weighted by molar-refractivity contribution is 0.198. The topological polar surface area (TPSA) is 65.0 Å². The van der Waals surface area contributed by atoms with Gasteiger partial charge in [-0.15, -0.1) is 0 Å². The third-order valence-electron chi connectivity index (χ3n) is 6.68. The van der Waals surface area contributed by atoms with Crippen LogP contribution >= 0.6 is 0 Å². The van der Waals surface area contributed by atoms with Crippen molar-refractivity contribution < 1.29 is 5.11 Å². The molecule has 0 bridgehead atoms. The Morgan fingerprint density at radius 2 is 1.97 bits per heavy atom. The number of fused-ring (bicyclic) bond motifs is 3. The van der Waals surface area contributed by atoms with Gasteiger partial charge in [-0.1, -0.05) is 18.6 Å². The Balaban J connectivity index is 1.47. The molecule has 0 unspecified atom stereocenters. The van der Waals surface area contributed by atoms with Gasteiger partial charge in [-0.2, -0.15) is 0 Å². The van der Waals surface area contributed by atoms with Crippen LogP contribution in [0.2, 0.25) is 0 Å². The maximum absolute atomic E-state index is 9.87. The van der Waals surface area contributed by atoms with Gasteiger partial charge in [0.2, 0.25) is 0 Å². The monoisotopic (exact) mass is 384 g/mol. The van der Waals surface area contributed by atoms with E-state index in [0.29, 0.717) is 12.5 Å². The van der Waals surface area contributed by atoms with E-state index in [1.807, 2.05) is 18.6 Å². The second-order valence-electron chi connectivity index (χ2n) is 8.48. The predicted molar refractivity (Wildman–Crippen MR) is 116 cm³/mol. The fourth-order valence-corrected chi connectivity index (χ4v) is 4.79. The molecule has 1 saturated carbocycles. The van der Waals surface area contributed by atoms with E-state index in [1.165, 1.54) is 46.5 Å². The smallest absolute Gasteiger partial charge is 0.138 e. The van der Waals surface area contributed by atoms with Gasteiger partial charge in [0.15, 0.2) is 0 Å². The van der Waals surface area contributed by atoms with Crippen molar-refractivity contribution in [3.63, 3.8) is 0 Å². The zero-order valence-electron chi connectivity index (χ0n) is 16.3. The summed E-state index contributed by atoms with van der Waals surface area (Å²) in [5.41, 5.74) is 5.75. The van der Waals surface area contributed by atoms with Crippen LogP contribution in [-0.4, -0.2) is 39.3 Å². The average Bonchev–Trinajstić information content (AvgIpc) is 3.33. The summed E-state index contributed by atoms with van der Waals surface area (Å²) >= 11 is 0. The molecule has 6 rings (SSSR count). The van der Waals surface area contributed by atoms with E-state index in [-0.39, 0.29) is 6.10 Å². The van der Waals surface area contributed by atoms with Crippen LogP contribution in [0.3, 0.4) is 0 Å². The van der Waals surface area contributed by atoms with E-state index < -0.39 is 0 Å². The second-order valence-corrected chi connectivity index (χ2v) is 8.48. The molecule has 1 aliphatic heterocycles. The maximum atomic E-state index is 9.87. The first-order valence-electron chi connectivity index (χ1n) is 10.5. The van der Waals surface area contributed by atoms with Crippen molar-refractivity contribution in [2.45, 2.75) is 37.7 Å². The molecule has 3 aromatic heterocycles. The lowest BCUT2D eigenvalue weighted by Crippen LogP contribution is -2.21. The number of nitrogens with one attached hydrogen (secondary N) is 1. The minimum atomic E-state index is -0.237. The van der Waals surface area contributed by atoms with E-state index in [9.17, 15) is 5.11 Å². The van der Waals surface area contributed by atoms with Crippen molar-refractivity contribution in [3.05, 3.63) is 54.6 Å². The summed E-state index contributed by atoms with van der Waals surface area (Å²) in [7, 11) is 0. The van der Waals surface area contributed by atoms with Gasteiger partial charge in [0, 0.05) is 48.0 Å². The quantitative estimate of drug-likeness (QED) is 0.541. The van der Waals surface area contributed by atoms with Crippen molar-refractivity contribution in [1.29, 1.82) is 0 Å². The highest BCUT2D eigenvalue weighted by atomic mass is 16.3. The molecule has 0 amide bonds. The molecule has 2 N–H and O–H groups in total. The highest BCUT2D eigenvalue weighted by Crippen LogP contribution is 2.42. The number of aromatic amines is 1. The Labute approximate surface area is 169 Å². The van der Waals surface area contributed by atoms with Crippen molar-refractivity contribution in [1.82, 2.24) is 15.0 Å². The molecule has 1 saturated heterocycles. The minimum Gasteiger partial charge on any atom is -0.391 e. The van der Waals surface area contributed by atoms with E-state index >= 15 is 0 Å². The van der Waals surface area contributed by atoms with Gasteiger partial charge >= 0.3 is 0 Å². The largest absolute Gasteiger partial charge is 0.391 e. The molecule has 2 aliphatic rings. The number of H-pyrrole nitrogens is 1. The van der Waals surface area contributed by atoms with Crippen molar-refractivity contribution in [2.24, 2.45) is 0 Å². The molecule has 0 spiro atoms. The summed E-state index contributed by atoms with van der Waals surface area (Å²) in [6, 6.07) is 8.80. The molecule has 1 atom stereocenters.